The first-order valence-electron chi connectivity index (χ1n) is 9.37. The molecule has 0 aliphatic carbocycles. The highest BCUT2D eigenvalue weighted by molar-refractivity contribution is 5.91. The number of fused-ring (bicyclic) bond motifs is 2. The predicted molar refractivity (Wildman–Crippen MR) is 101 cm³/mol. The van der Waals surface area contributed by atoms with Gasteiger partial charge in [-0.25, -0.2) is 4.79 Å². The average Bonchev–Trinajstić information content (AvgIpc) is 2.58. The number of piperidine rings is 2. The van der Waals surface area contributed by atoms with Gasteiger partial charge in [-0.15, -0.1) is 6.58 Å². The van der Waals surface area contributed by atoms with E-state index in [1.54, 1.807) is 0 Å². The first kappa shape index (κ1) is 17.8. The normalized spacial score (nSPS) is 25.9. The minimum atomic E-state index is -0.146. The van der Waals surface area contributed by atoms with E-state index in [0.29, 0.717) is 30.1 Å². The van der Waals surface area contributed by atoms with Gasteiger partial charge in [-0.1, -0.05) is 24.6 Å². The summed E-state index contributed by atoms with van der Waals surface area (Å²) in [5.41, 5.74) is 0.714. The van der Waals surface area contributed by atoms with Crippen LogP contribution < -0.4 is 15.4 Å². The minimum absolute atomic E-state index is 0.146. The first-order valence-corrected chi connectivity index (χ1v) is 9.37. The molecule has 3 rings (SSSR count). The van der Waals surface area contributed by atoms with E-state index in [0.717, 1.165) is 19.4 Å². The number of carbonyl (C=O) groups excluding carboxylic acids is 1. The van der Waals surface area contributed by atoms with Gasteiger partial charge in [-0.3, -0.25) is 4.90 Å². The Morgan fingerprint density at radius 3 is 2.72 bits per heavy atom. The summed E-state index contributed by atoms with van der Waals surface area (Å²) in [6.07, 6.45) is 7.77. The van der Waals surface area contributed by atoms with Crippen LogP contribution in [0.3, 0.4) is 0 Å². The fourth-order valence-corrected chi connectivity index (χ4v) is 4.24. The van der Waals surface area contributed by atoms with Crippen molar-refractivity contribution >= 4 is 11.7 Å². The second kappa shape index (κ2) is 8.39. The van der Waals surface area contributed by atoms with Gasteiger partial charge in [0.15, 0.2) is 0 Å². The van der Waals surface area contributed by atoms with E-state index in [-0.39, 0.29) is 12.1 Å². The molecule has 5 nitrogen and oxygen atoms in total. The molecule has 2 aliphatic rings. The summed E-state index contributed by atoms with van der Waals surface area (Å²) >= 11 is 0. The quantitative estimate of drug-likeness (QED) is 0.773. The Morgan fingerprint density at radius 1 is 1.32 bits per heavy atom. The molecule has 0 radical (unpaired) electrons. The van der Waals surface area contributed by atoms with Gasteiger partial charge in [0.1, 0.15) is 5.75 Å². The molecule has 0 aromatic heterocycles. The number of para-hydroxylation sites is 2. The van der Waals surface area contributed by atoms with Crippen LogP contribution >= 0.6 is 0 Å². The van der Waals surface area contributed by atoms with E-state index in [1.807, 2.05) is 37.3 Å². The zero-order chi connectivity index (χ0) is 17.6. The maximum atomic E-state index is 12.5. The average molecular weight is 343 g/mol. The monoisotopic (exact) mass is 343 g/mol. The molecule has 2 bridgehead atoms. The molecule has 1 aromatic carbocycles. The van der Waals surface area contributed by atoms with Crippen molar-refractivity contribution in [2.45, 2.75) is 57.2 Å². The predicted octanol–water partition coefficient (Wildman–Crippen LogP) is 3.78. The van der Waals surface area contributed by atoms with Crippen LogP contribution in [0.2, 0.25) is 0 Å². The zero-order valence-electron chi connectivity index (χ0n) is 15.0. The molecule has 2 heterocycles. The second-order valence-corrected chi connectivity index (χ2v) is 6.92. The fraction of sp³-hybridized carbons (Fsp3) is 0.550. The van der Waals surface area contributed by atoms with Crippen molar-refractivity contribution in [1.29, 1.82) is 0 Å². The van der Waals surface area contributed by atoms with Gasteiger partial charge >= 0.3 is 6.03 Å². The van der Waals surface area contributed by atoms with Gasteiger partial charge < -0.3 is 15.4 Å². The Balaban J connectivity index is 1.58. The number of amides is 2. The Kier molecular flexibility index (Phi) is 5.97. The molecule has 136 valence electrons. The highest BCUT2D eigenvalue weighted by Gasteiger charge is 2.37. The summed E-state index contributed by atoms with van der Waals surface area (Å²) in [7, 11) is 0. The molecule has 0 saturated carbocycles. The van der Waals surface area contributed by atoms with Gasteiger partial charge in [0.05, 0.1) is 12.3 Å². The van der Waals surface area contributed by atoms with Crippen molar-refractivity contribution in [3.05, 3.63) is 36.9 Å². The van der Waals surface area contributed by atoms with Crippen LogP contribution in [0, 0.1) is 0 Å². The Bertz CT molecular complexity index is 590. The molecular weight excluding hydrogens is 314 g/mol. The zero-order valence-corrected chi connectivity index (χ0v) is 15.0. The third kappa shape index (κ3) is 4.34. The molecule has 1 aromatic rings. The third-order valence-corrected chi connectivity index (χ3v) is 5.24. The Labute approximate surface area is 150 Å². The molecule has 2 fully saturated rings. The molecule has 2 amide bonds. The van der Waals surface area contributed by atoms with Crippen molar-refractivity contribution in [2.75, 3.05) is 18.5 Å². The molecule has 2 saturated heterocycles. The van der Waals surface area contributed by atoms with E-state index in [4.69, 9.17) is 4.74 Å². The summed E-state index contributed by atoms with van der Waals surface area (Å²) in [5.74, 6) is 0.706. The van der Waals surface area contributed by atoms with Crippen molar-refractivity contribution in [2.24, 2.45) is 0 Å². The maximum absolute atomic E-state index is 12.5. The number of nitrogens with one attached hydrogen (secondary N) is 2. The smallest absolute Gasteiger partial charge is 0.319 e. The van der Waals surface area contributed by atoms with Crippen LogP contribution in [-0.4, -0.2) is 42.2 Å². The molecule has 2 unspecified atom stereocenters. The van der Waals surface area contributed by atoms with Crippen molar-refractivity contribution in [3.8, 4) is 5.75 Å². The van der Waals surface area contributed by atoms with E-state index in [9.17, 15) is 4.79 Å². The summed E-state index contributed by atoms with van der Waals surface area (Å²) in [6, 6.07) is 8.76. The number of rotatable bonds is 6. The number of ether oxygens (including phenoxy) is 1. The lowest BCUT2D eigenvalue weighted by molar-refractivity contribution is 0.0375. The van der Waals surface area contributed by atoms with Crippen molar-refractivity contribution in [3.63, 3.8) is 0 Å². The lowest BCUT2D eigenvalue weighted by Gasteiger charge is -2.48. The molecule has 5 heteroatoms. The molecule has 2 N–H and O–H groups in total. The van der Waals surface area contributed by atoms with Gasteiger partial charge in [-0.05, 0) is 44.7 Å². The molecule has 25 heavy (non-hydrogen) atoms. The van der Waals surface area contributed by atoms with Gasteiger partial charge in [-0.2, -0.15) is 0 Å². The largest absolute Gasteiger partial charge is 0.492 e. The number of carbonyl (C=O) groups is 1. The van der Waals surface area contributed by atoms with Crippen LogP contribution in [0.1, 0.15) is 39.0 Å². The molecule has 2 aliphatic heterocycles. The minimum Gasteiger partial charge on any atom is -0.492 e. The highest BCUT2D eigenvalue weighted by atomic mass is 16.5. The summed E-state index contributed by atoms with van der Waals surface area (Å²) in [4.78, 5) is 15.0. The topological polar surface area (TPSA) is 53.6 Å². The first-order chi connectivity index (χ1) is 12.2. The second-order valence-electron chi connectivity index (χ2n) is 6.92. The number of benzene rings is 1. The SMILES string of the molecule is C=CCN1C2CCCC1CC(NC(=O)Nc1ccccc1OCC)C2. The van der Waals surface area contributed by atoms with Crippen LogP contribution in [0.15, 0.2) is 36.9 Å². The summed E-state index contributed by atoms with van der Waals surface area (Å²) in [6.45, 7) is 7.35. The van der Waals surface area contributed by atoms with Crippen LogP contribution in [0.4, 0.5) is 10.5 Å². The van der Waals surface area contributed by atoms with Gasteiger partial charge in [0, 0.05) is 24.7 Å². The van der Waals surface area contributed by atoms with Crippen LogP contribution in [0.25, 0.3) is 0 Å². The van der Waals surface area contributed by atoms with E-state index in [2.05, 4.69) is 22.1 Å². The molecule has 2 atom stereocenters. The van der Waals surface area contributed by atoms with Crippen molar-refractivity contribution < 1.29 is 9.53 Å². The number of nitrogens with zero attached hydrogens (tertiary/aromatic N) is 1. The van der Waals surface area contributed by atoms with Crippen LogP contribution in [-0.2, 0) is 0 Å². The highest BCUT2D eigenvalue weighted by Crippen LogP contribution is 2.34. The summed E-state index contributed by atoms with van der Waals surface area (Å²) < 4.78 is 5.57. The summed E-state index contributed by atoms with van der Waals surface area (Å²) in [5, 5.41) is 6.11. The number of anilines is 1. The fourth-order valence-electron chi connectivity index (χ4n) is 4.24. The Hall–Kier alpha value is -2.01. The standard InChI is InChI=1S/C20H29N3O2/c1-3-12-23-16-8-7-9-17(23)14-15(13-16)21-20(24)22-18-10-5-6-11-19(18)25-4-2/h3,5-6,10-11,15-17H,1,4,7-9,12-14H2,2H3,(H2,21,22,24). The number of hydrogen-bond donors (Lipinski definition) is 2. The molecule has 0 spiro atoms. The van der Waals surface area contributed by atoms with E-state index >= 15 is 0 Å². The number of hydrogen-bond acceptors (Lipinski definition) is 3. The van der Waals surface area contributed by atoms with Crippen molar-refractivity contribution in [1.82, 2.24) is 10.2 Å². The number of urea groups is 1. The Morgan fingerprint density at radius 2 is 2.04 bits per heavy atom. The van der Waals surface area contributed by atoms with E-state index < -0.39 is 0 Å². The lowest BCUT2D eigenvalue weighted by Crippen LogP contribution is -2.57. The molecular formula is C20H29N3O2. The maximum Gasteiger partial charge on any atom is 0.319 e. The lowest BCUT2D eigenvalue weighted by atomic mass is 9.82. The van der Waals surface area contributed by atoms with Crippen LogP contribution in [0.5, 0.6) is 5.75 Å². The van der Waals surface area contributed by atoms with Gasteiger partial charge in [0.25, 0.3) is 0 Å². The van der Waals surface area contributed by atoms with E-state index in [1.165, 1.54) is 19.3 Å². The van der Waals surface area contributed by atoms with Gasteiger partial charge in [0.2, 0.25) is 0 Å². The third-order valence-electron chi connectivity index (χ3n) is 5.24.